The molecule has 0 aliphatic rings. The Hall–Kier alpha value is -2.58. The summed E-state index contributed by atoms with van der Waals surface area (Å²) in [6.07, 6.45) is 13.4. The Balaban J connectivity index is 1.62. The van der Waals surface area contributed by atoms with Crippen molar-refractivity contribution < 1.29 is 9.53 Å². The number of nitrogens with zero attached hydrogens (tertiary/aromatic N) is 1. The van der Waals surface area contributed by atoms with Gasteiger partial charge in [0.25, 0.3) is 0 Å². The second-order valence-corrected chi connectivity index (χ2v) is 8.05. The van der Waals surface area contributed by atoms with Crippen molar-refractivity contribution in [3.05, 3.63) is 58.4 Å². The lowest BCUT2D eigenvalue weighted by Gasteiger charge is -2.07. The lowest BCUT2D eigenvalue weighted by Crippen LogP contribution is -1.97. The smallest absolute Gasteiger partial charge is 0.197 e. The fourth-order valence-electron chi connectivity index (χ4n) is 2.90. The molecule has 0 spiro atoms. The third-order valence-corrected chi connectivity index (χ3v) is 5.57. The topological polar surface area (TPSA) is 62.1 Å². The quantitative estimate of drug-likeness (QED) is 0.208. The van der Waals surface area contributed by atoms with Crippen LogP contribution in [0.25, 0.3) is 0 Å². The monoisotopic (exact) mass is 410 g/mol. The minimum Gasteiger partial charge on any atom is -0.494 e. The number of ether oxygens (including phenoxy) is 1. The molecule has 29 heavy (non-hydrogen) atoms. The van der Waals surface area contributed by atoms with Crippen molar-refractivity contribution in [3.8, 4) is 11.8 Å². The van der Waals surface area contributed by atoms with Crippen molar-refractivity contribution in [3.63, 3.8) is 0 Å². The van der Waals surface area contributed by atoms with E-state index >= 15 is 0 Å². The number of thiophene rings is 1. The van der Waals surface area contributed by atoms with Crippen molar-refractivity contribution >= 4 is 22.8 Å². The lowest BCUT2D eigenvalue weighted by molar-refractivity contribution is 0.105. The van der Waals surface area contributed by atoms with E-state index < -0.39 is 0 Å². The normalized spacial score (nSPS) is 10.8. The highest BCUT2D eigenvalue weighted by atomic mass is 32.1. The molecule has 4 nitrogen and oxygen atoms in total. The molecular formula is C24H30N2O2S. The van der Waals surface area contributed by atoms with Crippen LogP contribution in [0, 0.1) is 11.3 Å². The van der Waals surface area contributed by atoms with Gasteiger partial charge in [0.2, 0.25) is 0 Å². The zero-order chi connectivity index (χ0) is 20.7. The summed E-state index contributed by atoms with van der Waals surface area (Å²) in [5.74, 6) is 0.746. The molecule has 0 radical (unpaired) electrons. The van der Waals surface area contributed by atoms with Crippen LogP contribution >= 0.6 is 11.3 Å². The summed E-state index contributed by atoms with van der Waals surface area (Å²) < 4.78 is 5.79. The van der Waals surface area contributed by atoms with Crippen LogP contribution in [0.5, 0.6) is 5.75 Å². The molecule has 5 heteroatoms. The molecule has 154 valence electrons. The first-order valence-corrected chi connectivity index (χ1v) is 11.2. The summed E-state index contributed by atoms with van der Waals surface area (Å²) in [4.78, 5) is 13.1. The number of allylic oxidation sites excluding steroid dienone is 1. The minimum atomic E-state index is -0.116. The number of carbonyl (C=O) groups is 1. The van der Waals surface area contributed by atoms with E-state index in [4.69, 9.17) is 10.00 Å². The molecule has 2 aromatic rings. The summed E-state index contributed by atoms with van der Waals surface area (Å²) in [5.41, 5.74) is 0.886. The Bertz CT molecular complexity index is 803. The number of hydrogen-bond acceptors (Lipinski definition) is 5. The second kappa shape index (κ2) is 13.6. The molecule has 0 unspecified atom stereocenters. The fraction of sp³-hybridized carbons (Fsp3) is 0.417. The first-order chi connectivity index (χ1) is 14.2. The van der Waals surface area contributed by atoms with Gasteiger partial charge in [-0.2, -0.15) is 5.26 Å². The lowest BCUT2D eigenvalue weighted by atomic mass is 10.1. The van der Waals surface area contributed by atoms with Crippen molar-refractivity contribution in [2.45, 2.75) is 58.3 Å². The second-order valence-electron chi connectivity index (χ2n) is 6.97. The van der Waals surface area contributed by atoms with E-state index in [1.807, 2.05) is 30.3 Å². The number of rotatable bonds is 14. The van der Waals surface area contributed by atoms with Crippen molar-refractivity contribution in [1.82, 2.24) is 0 Å². The van der Waals surface area contributed by atoms with Gasteiger partial charge < -0.3 is 10.1 Å². The number of hydrogen-bond donors (Lipinski definition) is 1. The van der Waals surface area contributed by atoms with Gasteiger partial charge in [0.1, 0.15) is 16.7 Å². The molecule has 2 rings (SSSR count). The maximum Gasteiger partial charge on any atom is 0.197 e. The van der Waals surface area contributed by atoms with Crippen LogP contribution in [-0.2, 0) is 0 Å². The first kappa shape index (κ1) is 22.7. The number of carbonyl (C=O) groups excluding carboxylic acids is 1. The zero-order valence-electron chi connectivity index (χ0n) is 17.2. The van der Waals surface area contributed by atoms with Crippen molar-refractivity contribution in [2.75, 3.05) is 11.9 Å². The Morgan fingerprint density at radius 3 is 2.38 bits per heavy atom. The van der Waals surface area contributed by atoms with Gasteiger partial charge in [-0.15, -0.1) is 11.3 Å². The third-order valence-electron chi connectivity index (χ3n) is 4.56. The van der Waals surface area contributed by atoms with Gasteiger partial charge in [-0.1, -0.05) is 51.9 Å². The van der Waals surface area contributed by atoms with Gasteiger partial charge in [-0.3, -0.25) is 4.79 Å². The summed E-state index contributed by atoms with van der Waals surface area (Å²) in [6, 6.07) is 13.1. The van der Waals surface area contributed by atoms with Crippen LogP contribution in [0.3, 0.4) is 0 Å². The van der Waals surface area contributed by atoms with Crippen LogP contribution in [0.15, 0.2) is 48.7 Å². The zero-order valence-corrected chi connectivity index (χ0v) is 18.0. The maximum absolute atomic E-state index is 12.0. The average Bonchev–Trinajstić information content (AvgIpc) is 3.23. The highest BCUT2D eigenvalue weighted by molar-refractivity contribution is 7.14. The Morgan fingerprint density at radius 2 is 1.72 bits per heavy atom. The minimum absolute atomic E-state index is 0.116. The van der Waals surface area contributed by atoms with E-state index in [0.29, 0.717) is 9.75 Å². The molecule has 1 N–H and O–H groups in total. The predicted molar refractivity (Wildman–Crippen MR) is 121 cm³/mol. The van der Waals surface area contributed by atoms with Crippen LogP contribution in [0.1, 0.15) is 72.8 Å². The molecule has 0 bridgehead atoms. The van der Waals surface area contributed by atoms with Gasteiger partial charge in [-0.25, -0.2) is 0 Å². The number of benzene rings is 1. The van der Waals surface area contributed by atoms with Gasteiger partial charge in [0, 0.05) is 18.0 Å². The Morgan fingerprint density at radius 1 is 1.03 bits per heavy atom. The largest absolute Gasteiger partial charge is 0.494 e. The number of nitrogens with one attached hydrogen (secondary N) is 1. The Labute approximate surface area is 178 Å². The number of anilines is 1. The molecule has 1 aromatic carbocycles. The van der Waals surface area contributed by atoms with Gasteiger partial charge in [0.15, 0.2) is 5.78 Å². The van der Waals surface area contributed by atoms with Gasteiger partial charge in [-0.05, 0) is 42.8 Å². The van der Waals surface area contributed by atoms with E-state index in [-0.39, 0.29) is 5.78 Å². The molecule has 1 heterocycles. The van der Waals surface area contributed by atoms with Crippen LogP contribution < -0.4 is 10.1 Å². The molecule has 1 aromatic heterocycles. The molecule has 0 saturated carbocycles. The van der Waals surface area contributed by atoms with Crippen molar-refractivity contribution in [1.29, 1.82) is 5.26 Å². The van der Waals surface area contributed by atoms with E-state index in [2.05, 4.69) is 12.2 Å². The van der Waals surface area contributed by atoms with Crippen molar-refractivity contribution in [2.24, 2.45) is 0 Å². The van der Waals surface area contributed by atoms with E-state index in [0.717, 1.165) is 24.5 Å². The molecule has 0 saturated heterocycles. The van der Waals surface area contributed by atoms with Crippen LogP contribution in [0.4, 0.5) is 5.69 Å². The third kappa shape index (κ3) is 8.97. The summed E-state index contributed by atoms with van der Waals surface area (Å²) in [6.45, 7) is 3.00. The summed E-state index contributed by atoms with van der Waals surface area (Å²) in [5, 5.41) is 11.9. The van der Waals surface area contributed by atoms with E-state index in [1.165, 1.54) is 62.4 Å². The first-order valence-electron chi connectivity index (χ1n) is 10.4. The molecule has 0 fully saturated rings. The standard InChI is InChI=1S/C24H30N2O2S/c1-2-3-4-5-6-7-8-9-18-28-21-12-10-20(11-13-21)26-17-16-23(27)24-15-14-22(19-25)29-24/h10-17,26H,2-9,18H2,1H3/b17-16-. The fourth-order valence-corrected chi connectivity index (χ4v) is 3.62. The Kier molecular flexibility index (Phi) is 10.6. The SMILES string of the molecule is CCCCCCCCCCOc1ccc(N/C=C\C(=O)c2ccc(C#N)s2)cc1. The van der Waals surface area contributed by atoms with E-state index in [9.17, 15) is 4.79 Å². The summed E-state index contributed by atoms with van der Waals surface area (Å²) in [7, 11) is 0. The number of unbranched alkanes of at least 4 members (excludes halogenated alkanes) is 7. The molecule has 0 atom stereocenters. The molecule has 0 aliphatic carbocycles. The number of ketones is 1. The number of nitriles is 1. The summed E-state index contributed by atoms with van der Waals surface area (Å²) >= 11 is 1.20. The highest BCUT2D eigenvalue weighted by Crippen LogP contribution is 2.18. The van der Waals surface area contributed by atoms with E-state index in [1.54, 1.807) is 18.3 Å². The predicted octanol–water partition coefficient (Wildman–Crippen LogP) is 6.95. The maximum atomic E-state index is 12.0. The van der Waals surface area contributed by atoms with Gasteiger partial charge >= 0.3 is 0 Å². The average molecular weight is 411 g/mol. The van der Waals surface area contributed by atoms with Crippen LogP contribution in [-0.4, -0.2) is 12.4 Å². The molecule has 0 amide bonds. The van der Waals surface area contributed by atoms with Crippen LogP contribution in [0.2, 0.25) is 0 Å². The highest BCUT2D eigenvalue weighted by Gasteiger charge is 2.05. The van der Waals surface area contributed by atoms with Gasteiger partial charge in [0.05, 0.1) is 11.5 Å². The molecule has 0 aliphatic heterocycles. The molecular weight excluding hydrogens is 380 g/mol.